The van der Waals surface area contributed by atoms with E-state index >= 15 is 0 Å². The summed E-state index contributed by atoms with van der Waals surface area (Å²) in [5, 5.41) is 6.23. The Hall–Kier alpha value is -2.11. The second-order valence-corrected chi connectivity index (χ2v) is 5.78. The minimum absolute atomic E-state index is 0.236. The molecule has 126 valence electrons. The van der Waals surface area contributed by atoms with Crippen molar-refractivity contribution in [2.45, 2.75) is 26.6 Å². The summed E-state index contributed by atoms with van der Waals surface area (Å²) in [6, 6.07) is 3.63. The highest BCUT2D eigenvalue weighted by atomic mass is 19.4. The monoisotopic (exact) mass is 326 g/mol. The maximum atomic E-state index is 12.9. The molecular weight excluding hydrogens is 305 g/mol. The molecule has 0 saturated carbocycles. The highest BCUT2D eigenvalue weighted by Crippen LogP contribution is 2.33. The van der Waals surface area contributed by atoms with Crippen molar-refractivity contribution >= 4 is 0 Å². The van der Waals surface area contributed by atoms with Crippen molar-refractivity contribution in [1.29, 1.82) is 0 Å². The molecule has 0 spiro atoms. The molecule has 1 heterocycles. The molecule has 0 saturated heterocycles. The third kappa shape index (κ3) is 5.23. The lowest BCUT2D eigenvalue weighted by Crippen LogP contribution is -2.19. The minimum atomic E-state index is -4.37. The molecule has 0 aromatic heterocycles. The summed E-state index contributed by atoms with van der Waals surface area (Å²) in [6.07, 6.45) is 1.30. The fourth-order valence-electron chi connectivity index (χ4n) is 2.05. The number of benzene rings is 1. The number of ether oxygens (including phenoxy) is 1. The van der Waals surface area contributed by atoms with Gasteiger partial charge in [-0.1, -0.05) is 19.9 Å². The average molecular weight is 326 g/mol. The zero-order valence-electron chi connectivity index (χ0n) is 13.2. The van der Waals surface area contributed by atoms with Crippen molar-refractivity contribution in [2.24, 2.45) is 5.92 Å². The van der Waals surface area contributed by atoms with Crippen LogP contribution in [0.25, 0.3) is 0 Å². The van der Waals surface area contributed by atoms with E-state index in [-0.39, 0.29) is 11.7 Å². The van der Waals surface area contributed by atoms with Crippen LogP contribution in [0.4, 0.5) is 13.2 Å². The van der Waals surface area contributed by atoms with Gasteiger partial charge in [-0.25, -0.2) is 0 Å². The molecule has 1 aromatic rings. The molecule has 0 radical (unpaired) electrons. The highest BCUT2D eigenvalue weighted by Gasteiger charge is 2.31. The predicted molar refractivity (Wildman–Crippen MR) is 83.8 cm³/mol. The molecule has 0 atom stereocenters. The number of allylic oxidation sites excluding steroid dienone is 1. The zero-order valence-corrected chi connectivity index (χ0v) is 13.2. The summed E-state index contributed by atoms with van der Waals surface area (Å²) in [6.45, 7) is 5.41. The number of alkyl halides is 3. The third-order valence-corrected chi connectivity index (χ3v) is 3.27. The molecule has 0 bridgehead atoms. The number of rotatable bonds is 6. The van der Waals surface area contributed by atoms with Gasteiger partial charge in [0.2, 0.25) is 0 Å². The first kappa shape index (κ1) is 17.2. The van der Waals surface area contributed by atoms with E-state index in [1.165, 1.54) is 6.07 Å². The van der Waals surface area contributed by atoms with Crippen molar-refractivity contribution in [3.8, 4) is 5.75 Å². The van der Waals surface area contributed by atoms with E-state index in [4.69, 9.17) is 4.74 Å². The molecule has 1 aliphatic rings. The van der Waals surface area contributed by atoms with Crippen LogP contribution in [0.15, 0.2) is 42.2 Å². The average Bonchev–Trinajstić information content (AvgIpc) is 2.51. The van der Waals surface area contributed by atoms with Gasteiger partial charge in [-0.05, 0) is 36.4 Å². The van der Waals surface area contributed by atoms with E-state index in [1.807, 2.05) is 32.2 Å². The van der Waals surface area contributed by atoms with Crippen LogP contribution in [0.1, 0.15) is 25.0 Å². The molecule has 0 aliphatic carbocycles. The second kappa shape index (κ2) is 7.44. The molecule has 1 aliphatic heterocycles. The van der Waals surface area contributed by atoms with Gasteiger partial charge in [0.25, 0.3) is 0 Å². The first-order valence-electron chi connectivity index (χ1n) is 7.53. The van der Waals surface area contributed by atoms with Gasteiger partial charge in [0.15, 0.2) is 0 Å². The number of hydrogen-bond acceptors (Lipinski definition) is 3. The van der Waals surface area contributed by atoms with Gasteiger partial charge in [-0.3, -0.25) is 0 Å². The van der Waals surface area contributed by atoms with Crippen LogP contribution >= 0.6 is 0 Å². The molecule has 3 nitrogen and oxygen atoms in total. The summed E-state index contributed by atoms with van der Waals surface area (Å²) in [5.41, 5.74) is 0.936. The lowest BCUT2D eigenvalue weighted by atomic mass is 10.1. The summed E-state index contributed by atoms with van der Waals surface area (Å²) in [5.74, 6) is 0.514. The molecule has 6 heteroatoms. The topological polar surface area (TPSA) is 33.3 Å². The second-order valence-electron chi connectivity index (χ2n) is 5.78. The quantitative estimate of drug-likeness (QED) is 0.833. The van der Waals surface area contributed by atoms with Crippen LogP contribution in [0, 0.1) is 5.92 Å². The Kier molecular flexibility index (Phi) is 5.58. The normalized spacial score (nSPS) is 14.4. The van der Waals surface area contributed by atoms with Crippen LogP contribution in [-0.4, -0.2) is 13.2 Å². The Morgan fingerprint density at radius 1 is 1.30 bits per heavy atom. The maximum Gasteiger partial charge on any atom is 0.416 e. The SMILES string of the molecule is CC(C)COc1cc(C(F)(F)F)ccc1CNC1=CCNC=C1. The molecule has 2 N–H and O–H groups in total. The first-order valence-corrected chi connectivity index (χ1v) is 7.53. The zero-order chi connectivity index (χ0) is 16.9. The summed E-state index contributed by atoms with van der Waals surface area (Å²) in [4.78, 5) is 0. The molecule has 0 unspecified atom stereocenters. The standard InChI is InChI=1S/C17H21F3N2O/c1-12(2)11-23-16-9-14(17(18,19)20)4-3-13(16)10-22-15-5-7-21-8-6-15/h3-7,9,12,21-22H,8,10-11H2,1-2H3. The Balaban J connectivity index is 2.15. The Bertz CT molecular complexity index is 592. The van der Waals surface area contributed by atoms with Crippen LogP contribution < -0.4 is 15.4 Å². The summed E-state index contributed by atoms with van der Waals surface area (Å²) in [7, 11) is 0. The minimum Gasteiger partial charge on any atom is -0.493 e. The van der Waals surface area contributed by atoms with E-state index in [9.17, 15) is 13.2 Å². The van der Waals surface area contributed by atoms with E-state index in [0.717, 1.165) is 24.4 Å². The fourth-order valence-corrected chi connectivity index (χ4v) is 2.05. The van der Waals surface area contributed by atoms with Crippen LogP contribution in [0.5, 0.6) is 5.75 Å². The largest absolute Gasteiger partial charge is 0.493 e. The van der Waals surface area contributed by atoms with E-state index < -0.39 is 11.7 Å². The molecule has 2 rings (SSSR count). The van der Waals surface area contributed by atoms with Crippen molar-refractivity contribution in [3.63, 3.8) is 0 Å². The number of nitrogens with one attached hydrogen (secondary N) is 2. The van der Waals surface area contributed by atoms with Gasteiger partial charge in [0, 0.05) is 24.4 Å². The third-order valence-electron chi connectivity index (χ3n) is 3.27. The van der Waals surface area contributed by atoms with E-state index in [1.54, 1.807) is 0 Å². The molecular formula is C17H21F3N2O. The number of dihydropyridines is 1. The van der Waals surface area contributed by atoms with Gasteiger partial charge in [0.05, 0.1) is 12.2 Å². The first-order chi connectivity index (χ1) is 10.9. The van der Waals surface area contributed by atoms with Gasteiger partial charge >= 0.3 is 6.18 Å². The van der Waals surface area contributed by atoms with Gasteiger partial charge in [-0.15, -0.1) is 0 Å². The number of hydrogen-bond donors (Lipinski definition) is 2. The Morgan fingerprint density at radius 3 is 2.70 bits per heavy atom. The van der Waals surface area contributed by atoms with Crippen molar-refractivity contribution < 1.29 is 17.9 Å². The Morgan fingerprint density at radius 2 is 2.09 bits per heavy atom. The van der Waals surface area contributed by atoms with Gasteiger partial charge in [0.1, 0.15) is 5.75 Å². The molecule has 0 fully saturated rings. The summed E-state index contributed by atoms with van der Waals surface area (Å²) >= 11 is 0. The summed E-state index contributed by atoms with van der Waals surface area (Å²) < 4.78 is 44.2. The molecule has 23 heavy (non-hydrogen) atoms. The smallest absolute Gasteiger partial charge is 0.416 e. The fraction of sp³-hybridized carbons (Fsp3) is 0.412. The van der Waals surface area contributed by atoms with Crippen LogP contribution in [0.2, 0.25) is 0 Å². The maximum absolute atomic E-state index is 12.9. The van der Waals surface area contributed by atoms with E-state index in [2.05, 4.69) is 10.6 Å². The van der Waals surface area contributed by atoms with Crippen LogP contribution in [0.3, 0.4) is 0 Å². The van der Waals surface area contributed by atoms with Crippen LogP contribution in [-0.2, 0) is 12.7 Å². The Labute approximate surface area is 134 Å². The molecule has 0 amide bonds. The lowest BCUT2D eigenvalue weighted by molar-refractivity contribution is -0.137. The van der Waals surface area contributed by atoms with Gasteiger partial charge in [-0.2, -0.15) is 13.2 Å². The van der Waals surface area contributed by atoms with Crippen molar-refractivity contribution in [3.05, 3.63) is 53.4 Å². The van der Waals surface area contributed by atoms with Crippen molar-refractivity contribution in [2.75, 3.05) is 13.2 Å². The lowest BCUT2D eigenvalue weighted by Gasteiger charge is -2.17. The van der Waals surface area contributed by atoms with Gasteiger partial charge < -0.3 is 15.4 Å². The number of halogens is 3. The predicted octanol–water partition coefficient (Wildman–Crippen LogP) is 3.83. The highest BCUT2D eigenvalue weighted by molar-refractivity contribution is 5.39. The molecule has 1 aromatic carbocycles. The van der Waals surface area contributed by atoms with Crippen molar-refractivity contribution in [1.82, 2.24) is 10.6 Å². The van der Waals surface area contributed by atoms with E-state index in [0.29, 0.717) is 18.7 Å².